The smallest absolute Gasteiger partial charge is 0.250 e. The van der Waals surface area contributed by atoms with Crippen molar-refractivity contribution >= 4 is 22.8 Å². The number of anilines is 2. The Hall–Kier alpha value is -5.97. The molecule has 0 saturated carbocycles. The average Bonchev–Trinajstić information content (AvgIpc) is 3.46. The van der Waals surface area contributed by atoms with Crippen LogP contribution < -0.4 is 16.7 Å². The molecule has 13 nitrogen and oxygen atoms in total. The first-order valence-electron chi connectivity index (χ1n) is 14.8. The molecular weight excluding hydrogens is 580 g/mol. The molecule has 7 rings (SSSR count). The van der Waals surface area contributed by atoms with Gasteiger partial charge in [0.15, 0.2) is 11.5 Å². The topological polar surface area (TPSA) is 160 Å². The molecule has 3 N–H and O–H groups in total. The fourth-order valence-corrected chi connectivity index (χ4v) is 5.62. The van der Waals surface area contributed by atoms with E-state index in [0.29, 0.717) is 45.6 Å². The van der Waals surface area contributed by atoms with Gasteiger partial charge in [0.05, 0.1) is 17.0 Å². The van der Waals surface area contributed by atoms with Crippen molar-refractivity contribution in [2.24, 2.45) is 7.05 Å². The van der Waals surface area contributed by atoms with E-state index in [1.807, 2.05) is 41.0 Å². The highest BCUT2D eigenvalue weighted by Gasteiger charge is 2.21. The normalized spacial score (nSPS) is 13.9. The van der Waals surface area contributed by atoms with Crippen molar-refractivity contribution in [3.05, 3.63) is 107 Å². The van der Waals surface area contributed by atoms with E-state index in [2.05, 4.69) is 54.6 Å². The molecule has 0 aliphatic carbocycles. The zero-order valence-electron chi connectivity index (χ0n) is 25.1. The number of aromatic nitrogens is 7. The number of nitrogens with zero attached hydrogens (tertiary/aromatic N) is 10. The molecule has 0 atom stereocenters. The van der Waals surface area contributed by atoms with Crippen molar-refractivity contribution in [3.8, 4) is 34.5 Å². The van der Waals surface area contributed by atoms with E-state index in [1.54, 1.807) is 36.1 Å². The minimum Gasteiger partial charge on any atom is -0.383 e. The van der Waals surface area contributed by atoms with Crippen molar-refractivity contribution in [2.45, 2.75) is 6.54 Å². The van der Waals surface area contributed by atoms with Gasteiger partial charge in [0.1, 0.15) is 23.2 Å². The first-order valence-corrected chi connectivity index (χ1v) is 14.8. The lowest BCUT2D eigenvalue weighted by molar-refractivity contribution is 0.146. The SMILES string of the molecule is Cn1c(-c2ccc3nc(-c4cccnc4N)n(-c4ccc(CN5CCN(Nc6ccnc(C#N)n6)CC5)cc4)c3n2)cccc1=O. The highest BCUT2D eigenvalue weighted by Crippen LogP contribution is 2.31. The quantitative estimate of drug-likeness (QED) is 0.273. The van der Waals surface area contributed by atoms with E-state index in [9.17, 15) is 4.79 Å². The molecule has 1 fully saturated rings. The van der Waals surface area contributed by atoms with Gasteiger partial charge in [0.2, 0.25) is 5.82 Å². The van der Waals surface area contributed by atoms with Gasteiger partial charge in [-0.2, -0.15) is 5.26 Å². The Morgan fingerprint density at radius 2 is 1.72 bits per heavy atom. The number of hydrogen-bond donors (Lipinski definition) is 2. The van der Waals surface area contributed by atoms with Crippen LogP contribution in [-0.2, 0) is 13.6 Å². The number of benzene rings is 1. The molecule has 0 amide bonds. The molecule has 6 heterocycles. The van der Waals surface area contributed by atoms with Gasteiger partial charge in [0, 0.05) is 70.0 Å². The number of imidazole rings is 1. The molecule has 6 aromatic rings. The van der Waals surface area contributed by atoms with Gasteiger partial charge >= 0.3 is 0 Å². The number of pyridine rings is 3. The summed E-state index contributed by atoms with van der Waals surface area (Å²) in [4.78, 5) is 37.1. The Balaban J connectivity index is 1.15. The zero-order chi connectivity index (χ0) is 31.6. The van der Waals surface area contributed by atoms with Gasteiger partial charge in [-0.3, -0.25) is 14.3 Å². The van der Waals surface area contributed by atoms with Crippen molar-refractivity contribution < 1.29 is 0 Å². The lowest BCUT2D eigenvalue weighted by Crippen LogP contribution is -2.48. The summed E-state index contributed by atoms with van der Waals surface area (Å²) < 4.78 is 3.58. The molecule has 0 unspecified atom stereocenters. The number of rotatable bonds is 7. The molecule has 0 radical (unpaired) electrons. The minimum atomic E-state index is -0.107. The van der Waals surface area contributed by atoms with Crippen molar-refractivity contribution in [2.75, 3.05) is 37.3 Å². The fraction of sp³-hybridized carbons (Fsp3) is 0.182. The summed E-state index contributed by atoms with van der Waals surface area (Å²) >= 11 is 0. The van der Waals surface area contributed by atoms with E-state index in [0.717, 1.165) is 38.4 Å². The summed E-state index contributed by atoms with van der Waals surface area (Å²) in [5.74, 6) is 1.77. The van der Waals surface area contributed by atoms with E-state index < -0.39 is 0 Å². The maximum atomic E-state index is 12.4. The van der Waals surface area contributed by atoms with E-state index >= 15 is 0 Å². The van der Waals surface area contributed by atoms with Crippen LogP contribution in [0.15, 0.2) is 90.0 Å². The molecule has 13 heteroatoms. The summed E-state index contributed by atoms with van der Waals surface area (Å²) in [6.07, 6.45) is 3.24. The summed E-state index contributed by atoms with van der Waals surface area (Å²) in [5, 5.41) is 11.2. The van der Waals surface area contributed by atoms with Gasteiger partial charge < -0.3 is 15.7 Å². The van der Waals surface area contributed by atoms with Gasteiger partial charge in [-0.1, -0.05) is 18.2 Å². The first-order chi connectivity index (χ1) is 22.5. The Morgan fingerprint density at radius 1 is 0.891 bits per heavy atom. The number of nitrogens with one attached hydrogen (secondary N) is 1. The lowest BCUT2D eigenvalue weighted by Gasteiger charge is -2.34. The fourth-order valence-electron chi connectivity index (χ4n) is 5.62. The molecular formula is C33H30N12O. The van der Waals surface area contributed by atoms with Gasteiger partial charge in [-0.15, -0.1) is 0 Å². The van der Waals surface area contributed by atoms with Crippen molar-refractivity contribution in [1.29, 1.82) is 5.26 Å². The molecule has 1 aliphatic rings. The van der Waals surface area contributed by atoms with Gasteiger partial charge in [0.25, 0.3) is 5.56 Å². The van der Waals surface area contributed by atoms with Gasteiger partial charge in [-0.25, -0.2) is 29.9 Å². The summed E-state index contributed by atoms with van der Waals surface area (Å²) in [6, 6.07) is 24.8. The largest absolute Gasteiger partial charge is 0.383 e. The number of fused-ring (bicyclic) bond motifs is 1. The summed E-state index contributed by atoms with van der Waals surface area (Å²) in [7, 11) is 1.74. The number of hydrogen-bond acceptors (Lipinski definition) is 11. The van der Waals surface area contributed by atoms with Crippen molar-refractivity contribution in [1.82, 2.24) is 44.0 Å². The second-order valence-corrected chi connectivity index (χ2v) is 11.0. The Labute approximate surface area is 264 Å². The zero-order valence-corrected chi connectivity index (χ0v) is 25.1. The maximum Gasteiger partial charge on any atom is 0.250 e. The second-order valence-electron chi connectivity index (χ2n) is 11.0. The van der Waals surface area contributed by atoms with E-state index in [4.69, 9.17) is 21.0 Å². The highest BCUT2D eigenvalue weighted by atomic mass is 16.1. The van der Waals surface area contributed by atoms with Crippen LogP contribution in [0, 0.1) is 11.3 Å². The van der Waals surface area contributed by atoms with Crippen LogP contribution in [0.4, 0.5) is 11.6 Å². The average molecular weight is 611 g/mol. The monoisotopic (exact) mass is 610 g/mol. The maximum absolute atomic E-state index is 12.4. The molecule has 1 aliphatic heterocycles. The predicted molar refractivity (Wildman–Crippen MR) is 174 cm³/mol. The first kappa shape index (κ1) is 28.8. The van der Waals surface area contributed by atoms with E-state index in [1.165, 1.54) is 11.6 Å². The predicted octanol–water partition coefficient (Wildman–Crippen LogP) is 3.24. The molecule has 0 spiro atoms. The van der Waals surface area contributed by atoms with Crippen LogP contribution in [0.2, 0.25) is 0 Å². The third-order valence-electron chi connectivity index (χ3n) is 8.03. The van der Waals surface area contributed by atoms with Crippen LogP contribution in [-0.4, -0.2) is 70.1 Å². The number of hydrazine groups is 1. The number of nitrogens with two attached hydrogens (primary N) is 1. The summed E-state index contributed by atoms with van der Waals surface area (Å²) in [5.41, 5.74) is 15.0. The molecule has 1 saturated heterocycles. The Morgan fingerprint density at radius 3 is 2.50 bits per heavy atom. The minimum absolute atomic E-state index is 0.107. The molecule has 1 aromatic carbocycles. The number of piperazine rings is 1. The molecule has 46 heavy (non-hydrogen) atoms. The van der Waals surface area contributed by atoms with Crippen LogP contribution in [0.5, 0.6) is 0 Å². The molecule has 5 aromatic heterocycles. The van der Waals surface area contributed by atoms with Crippen LogP contribution >= 0.6 is 0 Å². The van der Waals surface area contributed by atoms with E-state index in [-0.39, 0.29) is 11.4 Å². The van der Waals surface area contributed by atoms with Crippen LogP contribution in [0.3, 0.4) is 0 Å². The Bertz CT molecular complexity index is 2140. The summed E-state index contributed by atoms with van der Waals surface area (Å²) in [6.45, 7) is 4.16. The number of nitrogen functional groups attached to an aromatic ring is 1. The molecule has 228 valence electrons. The third-order valence-corrected chi connectivity index (χ3v) is 8.03. The Kier molecular flexibility index (Phi) is 7.63. The standard InChI is InChI=1S/C33H30N12O/c1-42-27(5-2-6-30(42)46)25-11-12-26-33(38-25)45(32(39-26)24-4-3-14-37-31(24)35)23-9-7-22(8-10-23)21-43-16-18-44(19-17-43)41-28-13-15-36-29(20-34)40-28/h2-15H,16-19,21H2,1H3,(H2,35,37)(H,36,40,41). The van der Waals surface area contributed by atoms with Gasteiger partial charge in [-0.05, 0) is 48.0 Å². The molecule has 0 bridgehead atoms. The second kappa shape index (κ2) is 12.2. The van der Waals surface area contributed by atoms with Crippen LogP contribution in [0.25, 0.3) is 39.6 Å². The van der Waals surface area contributed by atoms with Crippen LogP contribution in [0.1, 0.15) is 11.4 Å². The number of nitriles is 1. The highest BCUT2D eigenvalue weighted by molar-refractivity contribution is 5.84. The lowest BCUT2D eigenvalue weighted by atomic mass is 10.1. The third kappa shape index (κ3) is 5.65. The van der Waals surface area contributed by atoms with Crippen molar-refractivity contribution in [3.63, 3.8) is 0 Å².